The summed E-state index contributed by atoms with van der Waals surface area (Å²) in [5, 5.41) is 2.33. The van der Waals surface area contributed by atoms with E-state index in [2.05, 4.69) is 10.3 Å². The van der Waals surface area contributed by atoms with Crippen LogP contribution in [-0.2, 0) is 11.3 Å². The Balaban J connectivity index is 1.82. The van der Waals surface area contributed by atoms with E-state index in [0.29, 0.717) is 21.8 Å². The summed E-state index contributed by atoms with van der Waals surface area (Å²) in [6.07, 6.45) is 0. The summed E-state index contributed by atoms with van der Waals surface area (Å²) >= 11 is 2.55. The number of thiazole rings is 1. The number of nitrogens with zero attached hydrogens (tertiary/aromatic N) is 3. The van der Waals surface area contributed by atoms with Crippen LogP contribution in [0.25, 0.3) is 16.0 Å². The number of para-hydroxylation sites is 1. The van der Waals surface area contributed by atoms with Gasteiger partial charge in [0.2, 0.25) is 5.91 Å². The van der Waals surface area contributed by atoms with E-state index in [9.17, 15) is 23.2 Å². The Labute approximate surface area is 188 Å². The molecule has 1 N–H and O–H groups in total. The number of halogens is 2. The predicted molar refractivity (Wildman–Crippen MR) is 121 cm³/mol. The molecule has 0 aliphatic rings. The number of amides is 1. The second-order valence-corrected chi connectivity index (χ2v) is 9.09. The van der Waals surface area contributed by atoms with E-state index >= 15 is 0 Å². The number of anilines is 1. The molecule has 0 aliphatic heterocycles. The Kier molecular flexibility index (Phi) is 6.19. The fourth-order valence-electron chi connectivity index (χ4n) is 3.07. The number of benzene rings is 2. The maximum absolute atomic E-state index is 13.9. The summed E-state index contributed by atoms with van der Waals surface area (Å²) in [6.45, 7) is 1.41. The van der Waals surface area contributed by atoms with Gasteiger partial charge in [-0.2, -0.15) is 0 Å². The van der Waals surface area contributed by atoms with Crippen LogP contribution in [0, 0.1) is 11.6 Å². The van der Waals surface area contributed by atoms with Crippen molar-refractivity contribution in [3.8, 4) is 5.69 Å². The van der Waals surface area contributed by atoms with E-state index in [1.54, 1.807) is 30.3 Å². The largest absolute Gasteiger partial charge is 0.337 e. The average molecular weight is 475 g/mol. The summed E-state index contributed by atoms with van der Waals surface area (Å²) in [5.41, 5.74) is -1.07. The highest BCUT2D eigenvalue weighted by Crippen LogP contribution is 2.27. The van der Waals surface area contributed by atoms with Crippen molar-refractivity contribution in [2.75, 3.05) is 11.1 Å². The molecular weight excluding hydrogens is 458 g/mol. The predicted octanol–water partition coefficient (Wildman–Crippen LogP) is 3.64. The third-order valence-electron chi connectivity index (χ3n) is 4.45. The van der Waals surface area contributed by atoms with Gasteiger partial charge in [-0.1, -0.05) is 36.9 Å². The van der Waals surface area contributed by atoms with Gasteiger partial charge in [-0.3, -0.25) is 14.2 Å². The highest BCUT2D eigenvalue weighted by atomic mass is 32.2. The van der Waals surface area contributed by atoms with Crippen molar-refractivity contribution < 1.29 is 13.6 Å². The van der Waals surface area contributed by atoms with Crippen molar-refractivity contribution in [2.45, 2.75) is 17.8 Å². The van der Waals surface area contributed by atoms with Crippen molar-refractivity contribution in [3.05, 3.63) is 81.0 Å². The van der Waals surface area contributed by atoms with E-state index in [1.807, 2.05) is 6.92 Å². The van der Waals surface area contributed by atoms with E-state index < -0.39 is 35.3 Å². The standard InChI is InChI=1S/C21H16F2N4O3S2/c1-2-31-20-25-18-17(32-20)19(29)27(13-6-4-3-5-7-13)21(30)26(18)11-16(28)24-15-9-8-12(22)10-14(15)23/h3-10H,2,11H2,1H3,(H,24,28). The minimum Gasteiger partial charge on any atom is -0.322 e. The monoisotopic (exact) mass is 474 g/mol. The molecule has 1 amide bonds. The zero-order chi connectivity index (χ0) is 22.8. The molecule has 0 saturated heterocycles. The van der Waals surface area contributed by atoms with Gasteiger partial charge in [0.05, 0.1) is 11.4 Å². The van der Waals surface area contributed by atoms with Gasteiger partial charge in [-0.15, -0.1) is 11.3 Å². The first-order valence-corrected chi connectivity index (χ1v) is 11.3. The number of thioether (sulfide) groups is 1. The van der Waals surface area contributed by atoms with E-state index in [0.717, 1.165) is 32.6 Å². The van der Waals surface area contributed by atoms with Gasteiger partial charge in [0.1, 0.15) is 22.9 Å². The quantitative estimate of drug-likeness (QED) is 0.431. The maximum Gasteiger partial charge on any atom is 0.337 e. The Morgan fingerprint density at radius 3 is 2.59 bits per heavy atom. The maximum atomic E-state index is 13.9. The lowest BCUT2D eigenvalue weighted by Crippen LogP contribution is -2.40. The number of hydrogen-bond acceptors (Lipinski definition) is 6. The third-order valence-corrected chi connectivity index (χ3v) is 6.51. The normalized spacial score (nSPS) is 11.1. The van der Waals surface area contributed by atoms with Crippen molar-refractivity contribution in [1.82, 2.24) is 14.1 Å². The molecule has 32 heavy (non-hydrogen) atoms. The van der Waals surface area contributed by atoms with Crippen LogP contribution in [0.1, 0.15) is 6.92 Å². The second kappa shape index (κ2) is 9.05. The van der Waals surface area contributed by atoms with Gasteiger partial charge in [0.15, 0.2) is 9.99 Å². The molecule has 2 heterocycles. The lowest BCUT2D eigenvalue weighted by molar-refractivity contribution is -0.116. The van der Waals surface area contributed by atoms with Gasteiger partial charge in [0, 0.05) is 6.07 Å². The number of rotatable bonds is 6. The van der Waals surface area contributed by atoms with Gasteiger partial charge < -0.3 is 5.32 Å². The number of carbonyl (C=O) groups excluding carboxylic acids is 1. The molecule has 0 atom stereocenters. The minimum atomic E-state index is -0.944. The molecule has 4 rings (SSSR count). The summed E-state index contributed by atoms with van der Waals surface area (Å²) in [6, 6.07) is 11.1. The van der Waals surface area contributed by atoms with E-state index in [-0.39, 0.29) is 16.0 Å². The Hall–Kier alpha value is -3.31. The van der Waals surface area contributed by atoms with Crippen LogP contribution in [-0.4, -0.2) is 25.8 Å². The SMILES string of the molecule is CCSc1nc2c(s1)c(=O)n(-c1ccccc1)c(=O)n2CC(=O)Nc1ccc(F)cc1F. The van der Waals surface area contributed by atoms with Crippen molar-refractivity contribution >= 4 is 45.0 Å². The first-order chi connectivity index (χ1) is 15.4. The molecule has 0 radical (unpaired) electrons. The molecule has 2 aromatic heterocycles. The highest BCUT2D eigenvalue weighted by Gasteiger charge is 2.21. The summed E-state index contributed by atoms with van der Waals surface area (Å²) < 4.78 is 29.9. The van der Waals surface area contributed by atoms with Crippen molar-refractivity contribution in [1.29, 1.82) is 0 Å². The lowest BCUT2D eigenvalue weighted by atomic mass is 10.3. The molecule has 11 heteroatoms. The van der Waals surface area contributed by atoms with Gasteiger partial charge >= 0.3 is 5.69 Å². The molecule has 0 aliphatic carbocycles. The molecule has 4 aromatic rings. The van der Waals surface area contributed by atoms with Crippen LogP contribution >= 0.6 is 23.1 Å². The number of hydrogen-bond donors (Lipinski definition) is 1. The molecule has 0 bridgehead atoms. The van der Waals surface area contributed by atoms with E-state index in [1.165, 1.54) is 11.8 Å². The van der Waals surface area contributed by atoms with Crippen LogP contribution in [0.15, 0.2) is 62.5 Å². The fourth-order valence-corrected chi connectivity index (χ4v) is 5.04. The van der Waals surface area contributed by atoms with Crippen LogP contribution in [0.3, 0.4) is 0 Å². The first kappa shape index (κ1) is 21.9. The van der Waals surface area contributed by atoms with Crippen LogP contribution in [0.2, 0.25) is 0 Å². The van der Waals surface area contributed by atoms with E-state index in [4.69, 9.17) is 0 Å². The van der Waals surface area contributed by atoms with Crippen molar-refractivity contribution in [3.63, 3.8) is 0 Å². The third kappa shape index (κ3) is 4.21. The Bertz CT molecular complexity index is 1430. The number of nitrogens with one attached hydrogen (secondary N) is 1. The van der Waals surface area contributed by atoms with Gasteiger partial charge in [0.25, 0.3) is 5.56 Å². The molecule has 0 fully saturated rings. The molecule has 2 aromatic carbocycles. The summed E-state index contributed by atoms with van der Waals surface area (Å²) in [7, 11) is 0. The summed E-state index contributed by atoms with van der Waals surface area (Å²) in [5.74, 6) is -1.74. The zero-order valence-corrected chi connectivity index (χ0v) is 18.3. The summed E-state index contributed by atoms with van der Waals surface area (Å²) in [4.78, 5) is 43.4. The second-order valence-electron chi connectivity index (χ2n) is 6.58. The van der Waals surface area contributed by atoms with Crippen LogP contribution < -0.4 is 16.6 Å². The first-order valence-electron chi connectivity index (χ1n) is 9.48. The molecule has 0 unspecified atom stereocenters. The molecule has 7 nitrogen and oxygen atoms in total. The number of fused-ring (bicyclic) bond motifs is 1. The fraction of sp³-hybridized carbons (Fsp3) is 0.143. The average Bonchev–Trinajstić information content (AvgIpc) is 3.18. The number of aromatic nitrogens is 3. The lowest BCUT2D eigenvalue weighted by Gasteiger charge is -2.12. The highest BCUT2D eigenvalue weighted by molar-refractivity contribution is 8.01. The molecule has 0 saturated carbocycles. The smallest absolute Gasteiger partial charge is 0.322 e. The van der Waals surface area contributed by atoms with Gasteiger partial charge in [-0.05, 0) is 30.0 Å². The molecule has 0 spiro atoms. The minimum absolute atomic E-state index is 0.0860. The molecule has 164 valence electrons. The van der Waals surface area contributed by atoms with Crippen LogP contribution in [0.5, 0.6) is 0 Å². The number of carbonyl (C=O) groups is 1. The topological polar surface area (TPSA) is 86.0 Å². The molecular formula is C21H16F2N4O3S2. The Morgan fingerprint density at radius 2 is 1.91 bits per heavy atom. The Morgan fingerprint density at radius 1 is 1.16 bits per heavy atom. The van der Waals surface area contributed by atoms with Crippen LogP contribution in [0.4, 0.5) is 14.5 Å². The zero-order valence-electron chi connectivity index (χ0n) is 16.7. The van der Waals surface area contributed by atoms with Gasteiger partial charge in [-0.25, -0.2) is 23.1 Å². The van der Waals surface area contributed by atoms with Crippen molar-refractivity contribution in [2.24, 2.45) is 0 Å².